The molecule has 3 heterocycles. The largest absolute Gasteiger partial charge is 0.352 e. The number of amides is 1. The van der Waals surface area contributed by atoms with Crippen molar-refractivity contribution in [2.24, 2.45) is 0 Å². The molecule has 9 heteroatoms. The lowest BCUT2D eigenvalue weighted by molar-refractivity contribution is 0.0739. The Balaban J connectivity index is 1.69. The second-order valence-electron chi connectivity index (χ2n) is 6.19. The normalized spacial score (nSPS) is 15.1. The molecular weight excluding hydrogens is 429 g/mol. The molecular formula is C16H18BrCl2N5O. The van der Waals surface area contributed by atoms with Gasteiger partial charge in [-0.2, -0.15) is 5.10 Å². The van der Waals surface area contributed by atoms with E-state index < -0.39 is 0 Å². The van der Waals surface area contributed by atoms with Gasteiger partial charge in [-0.15, -0.1) is 0 Å². The van der Waals surface area contributed by atoms with Crippen LogP contribution in [0.25, 0.3) is 0 Å². The summed E-state index contributed by atoms with van der Waals surface area (Å²) in [5.41, 5.74) is 1.36. The van der Waals surface area contributed by atoms with Crippen molar-refractivity contribution in [2.45, 2.75) is 19.8 Å². The highest BCUT2D eigenvalue weighted by Gasteiger charge is 2.28. The number of pyridine rings is 1. The topological polar surface area (TPSA) is 65.1 Å². The molecule has 6 nitrogen and oxygen atoms in total. The molecule has 0 aliphatic carbocycles. The Bertz CT molecular complexity index is 787. The number of nitrogens with zero attached hydrogens (tertiary/aromatic N) is 4. The minimum absolute atomic E-state index is 0.0789. The molecule has 2 aromatic heterocycles. The predicted molar refractivity (Wildman–Crippen MR) is 103 cm³/mol. The zero-order valence-corrected chi connectivity index (χ0v) is 17.0. The van der Waals surface area contributed by atoms with Crippen molar-refractivity contribution in [3.05, 3.63) is 38.2 Å². The number of piperazine rings is 1. The van der Waals surface area contributed by atoms with Gasteiger partial charge in [0.25, 0.3) is 5.91 Å². The van der Waals surface area contributed by atoms with Crippen LogP contribution in [0.5, 0.6) is 0 Å². The van der Waals surface area contributed by atoms with E-state index in [4.69, 9.17) is 23.2 Å². The number of hydrogen-bond acceptors (Lipinski definition) is 4. The molecule has 1 fully saturated rings. The number of carbonyl (C=O) groups is 1. The fourth-order valence-electron chi connectivity index (χ4n) is 2.78. The van der Waals surface area contributed by atoms with Crippen molar-refractivity contribution < 1.29 is 4.79 Å². The second-order valence-corrected chi connectivity index (χ2v) is 7.83. The summed E-state index contributed by atoms with van der Waals surface area (Å²) in [6.07, 6.45) is 1.58. The second kappa shape index (κ2) is 7.51. The molecule has 2 aromatic rings. The molecule has 1 aliphatic heterocycles. The molecule has 1 amide bonds. The van der Waals surface area contributed by atoms with E-state index in [0.29, 0.717) is 47.7 Å². The van der Waals surface area contributed by atoms with E-state index in [1.165, 1.54) is 0 Å². The third kappa shape index (κ3) is 3.78. The van der Waals surface area contributed by atoms with E-state index in [9.17, 15) is 4.79 Å². The van der Waals surface area contributed by atoms with Gasteiger partial charge in [0.05, 0.1) is 20.2 Å². The standard InChI is InChI=1S/C16H18BrCl2N5O/c1-9(2)13-12(17)14(22-21-13)16(25)24-5-3-23(4-6-24)15-11(19)7-10(18)8-20-15/h7-9H,3-6H2,1-2H3,(H,21,22). The molecule has 0 bridgehead atoms. The minimum atomic E-state index is -0.0789. The molecule has 134 valence electrons. The van der Waals surface area contributed by atoms with Crippen LogP contribution in [0.1, 0.15) is 35.9 Å². The van der Waals surface area contributed by atoms with E-state index in [-0.39, 0.29) is 11.8 Å². The molecule has 0 unspecified atom stereocenters. The summed E-state index contributed by atoms with van der Waals surface area (Å²) in [7, 11) is 0. The van der Waals surface area contributed by atoms with Gasteiger partial charge in [-0.1, -0.05) is 37.0 Å². The summed E-state index contributed by atoms with van der Waals surface area (Å²) in [6.45, 7) is 6.56. The Hall–Kier alpha value is -1.31. The van der Waals surface area contributed by atoms with Gasteiger partial charge in [-0.3, -0.25) is 9.89 Å². The molecule has 0 saturated carbocycles. The monoisotopic (exact) mass is 445 g/mol. The summed E-state index contributed by atoms with van der Waals surface area (Å²) in [4.78, 5) is 20.9. The number of carbonyl (C=O) groups excluding carboxylic acids is 1. The summed E-state index contributed by atoms with van der Waals surface area (Å²) in [5, 5.41) is 8.16. The first kappa shape index (κ1) is 18.5. The first-order valence-corrected chi connectivity index (χ1v) is 9.52. The first-order valence-electron chi connectivity index (χ1n) is 7.97. The van der Waals surface area contributed by atoms with Crippen LogP contribution >= 0.6 is 39.1 Å². The van der Waals surface area contributed by atoms with E-state index in [1.807, 2.05) is 13.8 Å². The highest BCUT2D eigenvalue weighted by molar-refractivity contribution is 9.10. The fourth-order valence-corrected chi connectivity index (χ4v) is 4.08. The maximum Gasteiger partial charge on any atom is 0.275 e. The Kier molecular flexibility index (Phi) is 5.55. The lowest BCUT2D eigenvalue weighted by Gasteiger charge is -2.35. The zero-order chi connectivity index (χ0) is 18.1. The number of nitrogens with one attached hydrogen (secondary N) is 1. The van der Waals surface area contributed by atoms with Gasteiger partial charge in [-0.25, -0.2) is 4.98 Å². The van der Waals surface area contributed by atoms with Gasteiger partial charge in [0.1, 0.15) is 5.82 Å². The van der Waals surface area contributed by atoms with Gasteiger partial charge >= 0.3 is 0 Å². The van der Waals surface area contributed by atoms with Crippen LogP contribution in [0.4, 0.5) is 5.82 Å². The number of hydrogen-bond donors (Lipinski definition) is 1. The molecule has 3 rings (SSSR count). The Morgan fingerprint density at radius 3 is 2.52 bits per heavy atom. The number of aromatic amines is 1. The fraction of sp³-hybridized carbons (Fsp3) is 0.438. The van der Waals surface area contributed by atoms with Crippen LogP contribution in [0.15, 0.2) is 16.7 Å². The highest BCUT2D eigenvalue weighted by Crippen LogP contribution is 2.29. The van der Waals surface area contributed by atoms with Gasteiger partial charge < -0.3 is 9.80 Å². The zero-order valence-electron chi connectivity index (χ0n) is 13.9. The van der Waals surface area contributed by atoms with Gasteiger partial charge in [-0.05, 0) is 27.9 Å². The third-order valence-electron chi connectivity index (χ3n) is 4.17. The predicted octanol–water partition coefficient (Wildman–Crippen LogP) is 3.96. The summed E-state index contributed by atoms with van der Waals surface area (Å²) in [6, 6.07) is 1.68. The highest BCUT2D eigenvalue weighted by atomic mass is 79.9. The van der Waals surface area contributed by atoms with Crippen LogP contribution in [0.3, 0.4) is 0 Å². The summed E-state index contributed by atoms with van der Waals surface area (Å²) >= 11 is 15.6. The van der Waals surface area contributed by atoms with Crippen molar-refractivity contribution in [3.63, 3.8) is 0 Å². The van der Waals surface area contributed by atoms with Crippen LogP contribution in [-0.2, 0) is 0 Å². The van der Waals surface area contributed by atoms with Gasteiger partial charge in [0.15, 0.2) is 5.69 Å². The number of H-pyrrole nitrogens is 1. The lowest BCUT2D eigenvalue weighted by Crippen LogP contribution is -2.49. The van der Waals surface area contributed by atoms with Crippen molar-refractivity contribution in [1.29, 1.82) is 0 Å². The van der Waals surface area contributed by atoms with E-state index in [0.717, 1.165) is 10.2 Å². The van der Waals surface area contributed by atoms with E-state index >= 15 is 0 Å². The van der Waals surface area contributed by atoms with Crippen LogP contribution in [-0.4, -0.2) is 52.2 Å². The quantitative estimate of drug-likeness (QED) is 0.774. The van der Waals surface area contributed by atoms with Crippen molar-refractivity contribution in [1.82, 2.24) is 20.1 Å². The molecule has 0 atom stereocenters. The summed E-state index contributed by atoms with van der Waals surface area (Å²) in [5.74, 6) is 0.879. The molecule has 1 saturated heterocycles. The average Bonchev–Trinajstić information content (AvgIpc) is 2.96. The Morgan fingerprint density at radius 1 is 1.28 bits per heavy atom. The maximum absolute atomic E-state index is 12.7. The molecule has 0 spiro atoms. The van der Waals surface area contributed by atoms with Gasteiger partial charge in [0.2, 0.25) is 0 Å². The smallest absolute Gasteiger partial charge is 0.275 e. The number of anilines is 1. The van der Waals surface area contributed by atoms with Crippen LogP contribution in [0.2, 0.25) is 10.0 Å². The van der Waals surface area contributed by atoms with Crippen molar-refractivity contribution >= 4 is 50.9 Å². The molecule has 1 N–H and O–H groups in total. The van der Waals surface area contributed by atoms with Crippen molar-refractivity contribution in [2.75, 3.05) is 31.1 Å². The van der Waals surface area contributed by atoms with Crippen LogP contribution < -0.4 is 4.90 Å². The average molecular weight is 447 g/mol. The van der Waals surface area contributed by atoms with E-state index in [1.54, 1.807) is 17.2 Å². The number of aromatic nitrogens is 3. The van der Waals surface area contributed by atoms with Gasteiger partial charge in [0, 0.05) is 32.4 Å². The number of halogens is 3. The molecule has 0 aromatic carbocycles. The van der Waals surface area contributed by atoms with Crippen LogP contribution in [0, 0.1) is 0 Å². The van der Waals surface area contributed by atoms with Crippen molar-refractivity contribution in [3.8, 4) is 0 Å². The Morgan fingerprint density at radius 2 is 1.96 bits per heavy atom. The number of rotatable bonds is 3. The molecule has 0 radical (unpaired) electrons. The SMILES string of the molecule is CC(C)c1[nH]nc(C(=O)N2CCN(c3ncc(Cl)cc3Cl)CC2)c1Br. The van der Waals surface area contributed by atoms with E-state index in [2.05, 4.69) is 36.0 Å². The maximum atomic E-state index is 12.7. The third-order valence-corrected chi connectivity index (χ3v) is 5.45. The molecule has 1 aliphatic rings. The molecule has 25 heavy (non-hydrogen) atoms. The minimum Gasteiger partial charge on any atom is -0.352 e. The summed E-state index contributed by atoms with van der Waals surface area (Å²) < 4.78 is 0.748. The first-order chi connectivity index (χ1) is 11.9. The Labute approximate surface area is 164 Å². The lowest BCUT2D eigenvalue weighted by atomic mass is 10.1.